The summed E-state index contributed by atoms with van der Waals surface area (Å²) in [6.07, 6.45) is 4.93. The number of amides is 1. The molecule has 0 aromatic heterocycles. The number of nitrogens with zero attached hydrogens (tertiary/aromatic N) is 2. The Kier molecular flexibility index (Phi) is 5.29. The van der Waals surface area contributed by atoms with Crippen LogP contribution >= 0.6 is 0 Å². The van der Waals surface area contributed by atoms with Gasteiger partial charge in [-0.25, -0.2) is 5.43 Å². The zero-order valence-electron chi connectivity index (χ0n) is 14.6. The lowest BCUT2D eigenvalue weighted by Crippen LogP contribution is -2.58. The van der Waals surface area contributed by atoms with Crippen molar-refractivity contribution in [2.24, 2.45) is 5.16 Å². The molecule has 6 heteroatoms. The van der Waals surface area contributed by atoms with Crippen LogP contribution in [0.1, 0.15) is 43.0 Å². The highest BCUT2D eigenvalue weighted by Gasteiger charge is 2.43. The molecule has 2 rings (SSSR count). The quantitative estimate of drug-likeness (QED) is 0.439. The second kappa shape index (κ2) is 7.05. The number of aliphatic hydroxyl groups is 1. The fourth-order valence-corrected chi connectivity index (χ4v) is 3.44. The average molecular weight is 331 g/mol. The maximum atomic E-state index is 11.8. The number of rotatable bonds is 5. The first-order chi connectivity index (χ1) is 11.4. The van der Waals surface area contributed by atoms with E-state index >= 15 is 0 Å². The van der Waals surface area contributed by atoms with Gasteiger partial charge in [0.15, 0.2) is 5.54 Å². The first kappa shape index (κ1) is 18.0. The number of carbonyl (C=O) groups excluding carboxylic acids is 1. The van der Waals surface area contributed by atoms with E-state index in [-0.39, 0.29) is 11.7 Å². The average Bonchev–Trinajstić information content (AvgIpc) is 2.58. The number of nitrogens with one attached hydrogen (secondary N) is 1. The Morgan fingerprint density at radius 2 is 1.88 bits per heavy atom. The van der Waals surface area contributed by atoms with Crippen molar-refractivity contribution in [1.82, 2.24) is 10.4 Å². The molecule has 24 heavy (non-hydrogen) atoms. The number of aryl methyl sites for hydroxylation is 1. The monoisotopic (exact) mass is 331 g/mol. The highest BCUT2D eigenvalue weighted by atomic mass is 16.4. The molecule has 0 spiro atoms. The Labute approximate surface area is 142 Å². The third kappa shape index (κ3) is 2.78. The van der Waals surface area contributed by atoms with Gasteiger partial charge >= 0.3 is 0 Å². The van der Waals surface area contributed by atoms with Gasteiger partial charge in [-0.1, -0.05) is 38.1 Å². The van der Waals surface area contributed by atoms with Crippen molar-refractivity contribution in [2.75, 3.05) is 7.05 Å². The molecule has 6 nitrogen and oxygen atoms in total. The van der Waals surface area contributed by atoms with Crippen LogP contribution in [0.5, 0.6) is 0 Å². The van der Waals surface area contributed by atoms with Crippen LogP contribution in [-0.4, -0.2) is 34.5 Å². The van der Waals surface area contributed by atoms with Gasteiger partial charge in [0, 0.05) is 13.1 Å². The first-order valence-corrected chi connectivity index (χ1v) is 8.24. The van der Waals surface area contributed by atoms with Crippen LogP contribution in [0.15, 0.2) is 29.1 Å². The topological polar surface area (TPSA) is 85.2 Å². The molecule has 1 atom stereocenters. The highest BCUT2D eigenvalue weighted by Crippen LogP contribution is 2.35. The van der Waals surface area contributed by atoms with Crippen LogP contribution in [0.25, 0.3) is 0 Å². The van der Waals surface area contributed by atoms with Gasteiger partial charge in [-0.05, 0) is 41.5 Å². The molecule has 1 aromatic carbocycles. The van der Waals surface area contributed by atoms with Crippen molar-refractivity contribution in [3.8, 4) is 0 Å². The number of oxime groups is 1. The highest BCUT2D eigenvalue weighted by molar-refractivity contribution is 5.92. The SMILES string of the molecule is CCc1ccc(C2(C=NO)NN(C)C(=O)C=C2O)c(CC)c1CC. The number of benzene rings is 1. The third-order valence-corrected chi connectivity index (χ3v) is 4.63. The minimum Gasteiger partial charge on any atom is -0.509 e. The van der Waals surface area contributed by atoms with Gasteiger partial charge in [-0.15, -0.1) is 0 Å². The summed E-state index contributed by atoms with van der Waals surface area (Å²) >= 11 is 0. The largest absolute Gasteiger partial charge is 0.509 e. The number of hydrogen-bond donors (Lipinski definition) is 3. The lowest BCUT2D eigenvalue weighted by Gasteiger charge is -2.39. The first-order valence-electron chi connectivity index (χ1n) is 8.24. The maximum absolute atomic E-state index is 11.8. The Morgan fingerprint density at radius 3 is 2.42 bits per heavy atom. The fourth-order valence-electron chi connectivity index (χ4n) is 3.44. The summed E-state index contributed by atoms with van der Waals surface area (Å²) in [5.74, 6) is -0.558. The van der Waals surface area contributed by atoms with E-state index < -0.39 is 5.54 Å². The zero-order valence-corrected chi connectivity index (χ0v) is 14.6. The van der Waals surface area contributed by atoms with Crippen LogP contribution in [0.2, 0.25) is 0 Å². The minimum atomic E-state index is -1.26. The van der Waals surface area contributed by atoms with Crippen molar-refractivity contribution < 1.29 is 15.1 Å². The lowest BCUT2D eigenvalue weighted by molar-refractivity contribution is -0.130. The van der Waals surface area contributed by atoms with Crippen molar-refractivity contribution in [2.45, 2.75) is 45.6 Å². The summed E-state index contributed by atoms with van der Waals surface area (Å²) in [4.78, 5) is 11.8. The number of aliphatic hydroxyl groups excluding tert-OH is 1. The molecule has 3 N–H and O–H groups in total. The molecule has 0 aliphatic carbocycles. The molecule has 0 fully saturated rings. The van der Waals surface area contributed by atoms with Gasteiger partial charge in [-0.3, -0.25) is 9.80 Å². The molecule has 0 radical (unpaired) electrons. The predicted octanol–water partition coefficient (Wildman–Crippen LogP) is 2.45. The second-order valence-corrected chi connectivity index (χ2v) is 5.88. The van der Waals surface area contributed by atoms with Crippen LogP contribution < -0.4 is 5.43 Å². The number of hydrogen-bond acceptors (Lipinski definition) is 5. The minimum absolute atomic E-state index is 0.190. The van der Waals surface area contributed by atoms with E-state index in [4.69, 9.17) is 0 Å². The van der Waals surface area contributed by atoms with Gasteiger partial charge in [-0.2, -0.15) is 0 Å². The Bertz CT molecular complexity index is 697. The van der Waals surface area contributed by atoms with Gasteiger partial charge in [0.05, 0.1) is 6.21 Å². The summed E-state index contributed by atoms with van der Waals surface area (Å²) in [6.45, 7) is 6.27. The van der Waals surface area contributed by atoms with Gasteiger partial charge < -0.3 is 10.3 Å². The van der Waals surface area contributed by atoms with Crippen molar-refractivity contribution >= 4 is 12.1 Å². The number of carbonyl (C=O) groups is 1. The molecule has 0 saturated heterocycles. The Morgan fingerprint density at radius 1 is 1.21 bits per heavy atom. The summed E-state index contributed by atoms with van der Waals surface area (Å²) in [7, 11) is 1.57. The fraction of sp³-hybridized carbons (Fsp3) is 0.444. The van der Waals surface area contributed by atoms with E-state index in [9.17, 15) is 15.1 Å². The molecule has 1 aliphatic heterocycles. The van der Waals surface area contributed by atoms with Crippen molar-refractivity contribution in [1.29, 1.82) is 0 Å². The van der Waals surface area contributed by atoms with Crippen LogP contribution in [-0.2, 0) is 29.6 Å². The molecule has 130 valence electrons. The molecular formula is C18H25N3O3. The van der Waals surface area contributed by atoms with E-state index in [0.29, 0.717) is 0 Å². The van der Waals surface area contributed by atoms with Gasteiger partial charge in [0.1, 0.15) is 5.76 Å². The Balaban J connectivity index is 2.79. The molecular weight excluding hydrogens is 306 g/mol. The van der Waals surface area contributed by atoms with Gasteiger partial charge in [0.2, 0.25) is 0 Å². The third-order valence-electron chi connectivity index (χ3n) is 4.63. The summed E-state index contributed by atoms with van der Waals surface area (Å²) in [6, 6.07) is 3.96. The predicted molar refractivity (Wildman–Crippen MR) is 93.2 cm³/mol. The summed E-state index contributed by atoms with van der Waals surface area (Å²) < 4.78 is 0. The smallest absolute Gasteiger partial charge is 0.263 e. The zero-order chi connectivity index (χ0) is 17.9. The molecule has 1 amide bonds. The maximum Gasteiger partial charge on any atom is 0.263 e. The molecule has 1 heterocycles. The molecule has 1 aromatic rings. The summed E-state index contributed by atoms with van der Waals surface area (Å²) in [5, 5.41) is 24.2. The molecule has 0 saturated carbocycles. The van der Waals surface area contributed by atoms with Crippen LogP contribution in [0, 0.1) is 0 Å². The normalized spacial score (nSPS) is 21.4. The van der Waals surface area contributed by atoms with E-state index in [2.05, 4.69) is 31.4 Å². The van der Waals surface area contributed by atoms with Crippen LogP contribution in [0.3, 0.4) is 0 Å². The van der Waals surface area contributed by atoms with E-state index in [0.717, 1.165) is 36.5 Å². The number of hydrazine groups is 1. The molecule has 1 aliphatic rings. The Hall–Kier alpha value is -2.34. The lowest BCUT2D eigenvalue weighted by atomic mass is 9.80. The van der Waals surface area contributed by atoms with Crippen molar-refractivity contribution in [3.05, 3.63) is 46.2 Å². The van der Waals surface area contributed by atoms with Gasteiger partial charge in [0.25, 0.3) is 5.91 Å². The number of likely N-dealkylation sites (N-methyl/N-ethyl adjacent to an activating group) is 1. The molecule has 0 bridgehead atoms. The standard InChI is InChI=1S/C18H25N3O3/c1-5-12-8-9-15(14(7-3)13(12)6-2)18(11-19-24)16(22)10-17(23)21(4)20-18/h8-11,20,22,24H,5-7H2,1-4H3. The van der Waals surface area contributed by atoms with E-state index in [1.165, 1.54) is 22.4 Å². The van der Waals surface area contributed by atoms with E-state index in [1.807, 2.05) is 12.1 Å². The van der Waals surface area contributed by atoms with E-state index in [1.54, 1.807) is 7.05 Å². The van der Waals surface area contributed by atoms with Crippen molar-refractivity contribution in [3.63, 3.8) is 0 Å². The molecule has 1 unspecified atom stereocenters. The summed E-state index contributed by atoms with van der Waals surface area (Å²) in [5.41, 5.74) is 6.07. The van der Waals surface area contributed by atoms with Crippen LogP contribution in [0.4, 0.5) is 0 Å². The second-order valence-electron chi connectivity index (χ2n) is 5.88.